The van der Waals surface area contributed by atoms with E-state index in [9.17, 15) is 9.59 Å². The van der Waals surface area contributed by atoms with Gasteiger partial charge in [0.25, 0.3) is 5.91 Å². The van der Waals surface area contributed by atoms with Gasteiger partial charge in [-0.3, -0.25) is 9.59 Å². The van der Waals surface area contributed by atoms with E-state index in [1.165, 1.54) is 0 Å². The molecule has 0 bridgehead atoms. The fourth-order valence-corrected chi connectivity index (χ4v) is 3.22. The number of amides is 2. The first-order chi connectivity index (χ1) is 12.6. The third-order valence-corrected chi connectivity index (χ3v) is 4.66. The molecule has 3 rings (SSSR count). The van der Waals surface area contributed by atoms with Crippen LogP contribution >= 0.6 is 0 Å². The fourth-order valence-electron chi connectivity index (χ4n) is 3.22. The van der Waals surface area contributed by atoms with Crippen molar-refractivity contribution in [2.24, 2.45) is 5.92 Å². The minimum Gasteiger partial charge on any atom is -0.352 e. The Labute approximate surface area is 155 Å². The van der Waals surface area contributed by atoms with E-state index in [2.05, 4.69) is 19.2 Å². The van der Waals surface area contributed by atoms with Crippen LogP contribution in [0, 0.1) is 5.92 Å². The Bertz CT molecular complexity index is 781. The van der Waals surface area contributed by atoms with Crippen molar-refractivity contribution in [2.45, 2.75) is 33.1 Å². The number of carbonyl (C=O) groups is 2. The second-order valence-electron chi connectivity index (χ2n) is 7.20. The lowest BCUT2D eigenvalue weighted by molar-refractivity contribution is -0.119. The maximum Gasteiger partial charge on any atom is 0.251 e. The smallest absolute Gasteiger partial charge is 0.251 e. The van der Waals surface area contributed by atoms with Gasteiger partial charge in [0.2, 0.25) is 5.91 Å². The van der Waals surface area contributed by atoms with Crippen LogP contribution in [0.3, 0.4) is 0 Å². The van der Waals surface area contributed by atoms with Crippen LogP contribution in [0.4, 0.5) is 5.69 Å². The lowest BCUT2D eigenvalue weighted by Crippen LogP contribution is -2.35. The molecule has 136 valence electrons. The molecule has 1 saturated heterocycles. The average molecular weight is 350 g/mol. The number of anilines is 1. The molecule has 4 nitrogen and oxygen atoms in total. The van der Waals surface area contributed by atoms with Gasteiger partial charge >= 0.3 is 0 Å². The molecule has 1 aliphatic rings. The number of benzene rings is 2. The van der Waals surface area contributed by atoms with E-state index < -0.39 is 0 Å². The van der Waals surface area contributed by atoms with E-state index in [0.29, 0.717) is 24.4 Å². The molecule has 0 spiro atoms. The minimum atomic E-state index is -0.0513. The second kappa shape index (κ2) is 8.17. The van der Waals surface area contributed by atoms with Crippen LogP contribution < -0.4 is 10.2 Å². The Kier molecular flexibility index (Phi) is 5.71. The number of nitrogens with zero attached hydrogens (tertiary/aromatic N) is 1. The predicted molar refractivity (Wildman–Crippen MR) is 105 cm³/mol. The molecule has 1 heterocycles. The van der Waals surface area contributed by atoms with Gasteiger partial charge in [-0.15, -0.1) is 0 Å². The molecule has 0 radical (unpaired) electrons. The van der Waals surface area contributed by atoms with Gasteiger partial charge in [-0.05, 0) is 48.1 Å². The summed E-state index contributed by atoms with van der Waals surface area (Å²) in [6, 6.07) is 15.6. The van der Waals surface area contributed by atoms with E-state index in [4.69, 9.17) is 0 Å². The predicted octanol–water partition coefficient (Wildman–Crippen LogP) is 4.26. The molecule has 0 unspecified atom stereocenters. The largest absolute Gasteiger partial charge is 0.352 e. The Morgan fingerprint density at radius 1 is 1.08 bits per heavy atom. The van der Waals surface area contributed by atoms with E-state index >= 15 is 0 Å². The lowest BCUT2D eigenvalue weighted by Gasteiger charge is -2.27. The Balaban J connectivity index is 1.83. The van der Waals surface area contributed by atoms with Crippen LogP contribution in [-0.4, -0.2) is 24.9 Å². The van der Waals surface area contributed by atoms with Gasteiger partial charge in [0.15, 0.2) is 0 Å². The van der Waals surface area contributed by atoms with Crippen molar-refractivity contribution >= 4 is 17.5 Å². The molecule has 0 aliphatic carbocycles. The van der Waals surface area contributed by atoms with Crippen molar-refractivity contribution in [2.75, 3.05) is 18.0 Å². The first-order valence-corrected chi connectivity index (χ1v) is 9.34. The normalized spacial score (nSPS) is 14.6. The van der Waals surface area contributed by atoms with Gasteiger partial charge in [0, 0.05) is 30.8 Å². The van der Waals surface area contributed by atoms with Crippen molar-refractivity contribution in [1.29, 1.82) is 0 Å². The second-order valence-corrected chi connectivity index (χ2v) is 7.20. The Hall–Kier alpha value is -2.62. The number of carbonyl (C=O) groups excluding carboxylic acids is 2. The topological polar surface area (TPSA) is 49.4 Å². The molecule has 1 N–H and O–H groups in total. The summed E-state index contributed by atoms with van der Waals surface area (Å²) in [5.41, 5.74) is 3.49. The molecule has 26 heavy (non-hydrogen) atoms. The van der Waals surface area contributed by atoms with Crippen LogP contribution in [0.5, 0.6) is 0 Å². The van der Waals surface area contributed by atoms with Crippen LogP contribution in [0.1, 0.15) is 43.5 Å². The summed E-state index contributed by atoms with van der Waals surface area (Å²) < 4.78 is 0. The summed E-state index contributed by atoms with van der Waals surface area (Å²) >= 11 is 0. The molecule has 1 aliphatic heterocycles. The molecule has 2 aromatic rings. The number of hydrogen-bond acceptors (Lipinski definition) is 2. The van der Waals surface area contributed by atoms with Gasteiger partial charge in [-0.25, -0.2) is 0 Å². The highest BCUT2D eigenvalue weighted by atomic mass is 16.2. The summed E-state index contributed by atoms with van der Waals surface area (Å²) in [6.45, 7) is 5.59. The van der Waals surface area contributed by atoms with Crippen LogP contribution in [-0.2, 0) is 4.79 Å². The van der Waals surface area contributed by atoms with Crippen LogP contribution in [0.25, 0.3) is 11.1 Å². The van der Waals surface area contributed by atoms with Gasteiger partial charge in [0.1, 0.15) is 0 Å². The number of nitrogens with one attached hydrogen (secondary N) is 1. The minimum absolute atomic E-state index is 0.0513. The molecule has 0 aromatic heterocycles. The molecule has 0 saturated carbocycles. The summed E-state index contributed by atoms with van der Waals surface area (Å²) in [6.07, 6.45) is 2.65. The van der Waals surface area contributed by atoms with E-state index in [1.54, 1.807) is 0 Å². The maximum atomic E-state index is 12.5. The van der Waals surface area contributed by atoms with Gasteiger partial charge in [-0.1, -0.05) is 44.2 Å². The molecule has 2 amide bonds. The van der Waals surface area contributed by atoms with Crippen molar-refractivity contribution in [3.8, 4) is 11.1 Å². The maximum absolute atomic E-state index is 12.5. The number of piperidine rings is 1. The summed E-state index contributed by atoms with van der Waals surface area (Å²) in [5, 5.41) is 2.99. The average Bonchev–Trinajstić information content (AvgIpc) is 2.67. The lowest BCUT2D eigenvalue weighted by atomic mass is 9.98. The zero-order valence-electron chi connectivity index (χ0n) is 15.5. The monoisotopic (exact) mass is 350 g/mol. The number of rotatable bonds is 5. The third kappa shape index (κ3) is 4.13. The number of hydrogen-bond donors (Lipinski definition) is 1. The van der Waals surface area contributed by atoms with Crippen molar-refractivity contribution in [3.63, 3.8) is 0 Å². The standard InChI is InChI=1S/C22H26N2O2/c1-16(2)15-23-22(26)20-8-4-3-7-19(20)17-10-12-18(13-11-17)24-14-6-5-9-21(24)25/h3-4,7-8,10-13,16H,5-6,9,14-15H2,1-2H3,(H,23,26). The van der Waals surface area contributed by atoms with Crippen molar-refractivity contribution < 1.29 is 9.59 Å². The molecular weight excluding hydrogens is 324 g/mol. The Morgan fingerprint density at radius 2 is 1.81 bits per heavy atom. The quantitative estimate of drug-likeness (QED) is 0.876. The summed E-state index contributed by atoms with van der Waals surface area (Å²) in [5.74, 6) is 0.550. The van der Waals surface area contributed by atoms with Gasteiger partial charge in [0.05, 0.1) is 0 Å². The zero-order valence-corrected chi connectivity index (χ0v) is 15.5. The van der Waals surface area contributed by atoms with Crippen molar-refractivity contribution in [3.05, 3.63) is 54.1 Å². The molecule has 4 heteroatoms. The zero-order chi connectivity index (χ0) is 18.5. The van der Waals surface area contributed by atoms with Gasteiger partial charge < -0.3 is 10.2 Å². The molecular formula is C22H26N2O2. The van der Waals surface area contributed by atoms with Crippen molar-refractivity contribution in [1.82, 2.24) is 5.32 Å². The fraction of sp³-hybridized carbons (Fsp3) is 0.364. The third-order valence-electron chi connectivity index (χ3n) is 4.66. The first kappa shape index (κ1) is 18.2. The highest BCUT2D eigenvalue weighted by Crippen LogP contribution is 2.28. The molecule has 1 fully saturated rings. The highest BCUT2D eigenvalue weighted by Gasteiger charge is 2.19. The summed E-state index contributed by atoms with van der Waals surface area (Å²) in [4.78, 5) is 26.5. The van der Waals surface area contributed by atoms with E-state index in [0.717, 1.165) is 36.2 Å². The first-order valence-electron chi connectivity index (χ1n) is 9.34. The SMILES string of the molecule is CC(C)CNC(=O)c1ccccc1-c1ccc(N2CCCCC2=O)cc1. The van der Waals surface area contributed by atoms with E-state index in [1.807, 2.05) is 53.4 Å². The van der Waals surface area contributed by atoms with Crippen LogP contribution in [0.15, 0.2) is 48.5 Å². The molecule has 0 atom stereocenters. The van der Waals surface area contributed by atoms with Crippen LogP contribution in [0.2, 0.25) is 0 Å². The highest BCUT2D eigenvalue weighted by molar-refractivity contribution is 6.01. The van der Waals surface area contributed by atoms with Gasteiger partial charge in [-0.2, -0.15) is 0 Å². The molecule has 2 aromatic carbocycles. The Morgan fingerprint density at radius 3 is 2.50 bits per heavy atom. The summed E-state index contributed by atoms with van der Waals surface area (Å²) in [7, 11) is 0. The van der Waals surface area contributed by atoms with E-state index in [-0.39, 0.29) is 11.8 Å².